The molecule has 1 saturated heterocycles. The van der Waals surface area contributed by atoms with Gasteiger partial charge in [-0.3, -0.25) is 0 Å². The third kappa shape index (κ3) is 2.74. The van der Waals surface area contributed by atoms with Crippen LogP contribution in [-0.2, 0) is 9.47 Å². The molecule has 136 valence electrons. The smallest absolute Gasteiger partial charge is 0.445 e. The van der Waals surface area contributed by atoms with Gasteiger partial charge in [-0.05, 0) is 0 Å². The fourth-order valence-electron chi connectivity index (χ4n) is 1.42. The minimum absolute atomic E-state index is 0.0219. The van der Waals surface area contributed by atoms with Crippen LogP contribution in [0.2, 0.25) is 0 Å². The predicted molar refractivity (Wildman–Crippen MR) is 43.9 cm³/mol. The molecule has 23 heavy (non-hydrogen) atoms. The molecule has 1 heterocycles. The minimum atomic E-state index is -6.71. The molecule has 1 rings (SSSR count). The fraction of sp³-hybridized carbons (Fsp3) is 0.750. The van der Waals surface area contributed by atoms with Crippen LogP contribution >= 0.6 is 0 Å². The number of halogens is 12. The van der Waals surface area contributed by atoms with Crippen LogP contribution in [-0.4, -0.2) is 42.5 Å². The first-order valence-electron chi connectivity index (χ1n) is 4.96. The molecule has 1 aliphatic rings. The summed E-state index contributed by atoms with van der Waals surface area (Å²) < 4.78 is 160. The Balaban J connectivity index is 3.79. The van der Waals surface area contributed by atoms with Crippen LogP contribution in [0, 0.1) is 0 Å². The molecule has 0 spiro atoms. The van der Waals surface area contributed by atoms with Gasteiger partial charge < -0.3 is 4.74 Å². The van der Waals surface area contributed by atoms with Crippen molar-refractivity contribution in [2.45, 2.75) is 30.5 Å². The van der Waals surface area contributed by atoms with Crippen LogP contribution < -0.4 is 0 Å². The first-order valence-corrected chi connectivity index (χ1v) is 4.96. The molecule has 1 fully saturated rings. The second-order valence-corrected chi connectivity index (χ2v) is 3.88. The zero-order valence-electron chi connectivity index (χ0n) is 10.3. The van der Waals surface area contributed by atoms with Crippen molar-refractivity contribution >= 4 is 0 Å². The standard InChI is InChI=1S/C8H3F12NO2/c1-22-3(9)2(4(10,11)12)21-5(13,14)7(17,18)23-8(19,20)6(21,15)16/h1H3/b3-2-. The highest BCUT2D eigenvalue weighted by Gasteiger charge is 2.84. The quantitative estimate of drug-likeness (QED) is 0.415. The van der Waals surface area contributed by atoms with E-state index >= 15 is 0 Å². The van der Waals surface area contributed by atoms with Crippen molar-refractivity contribution in [3.63, 3.8) is 0 Å². The Labute approximate surface area is 118 Å². The molecular weight excluding hydrogens is 370 g/mol. The number of hydrogen-bond donors (Lipinski definition) is 0. The van der Waals surface area contributed by atoms with Crippen LogP contribution in [0.5, 0.6) is 0 Å². The maximum Gasteiger partial charge on any atom is 0.445 e. The Morgan fingerprint density at radius 1 is 0.870 bits per heavy atom. The van der Waals surface area contributed by atoms with Gasteiger partial charge in [0.05, 0.1) is 7.11 Å². The van der Waals surface area contributed by atoms with Crippen molar-refractivity contribution in [2.75, 3.05) is 7.11 Å². The maximum absolute atomic E-state index is 13.2. The molecule has 0 aromatic rings. The summed E-state index contributed by atoms with van der Waals surface area (Å²) in [6.07, 6.45) is -19.6. The number of alkyl halides is 11. The average molecular weight is 373 g/mol. The van der Waals surface area contributed by atoms with Gasteiger partial charge in [0.1, 0.15) is 0 Å². The molecule has 1 aliphatic heterocycles. The van der Waals surface area contributed by atoms with Crippen molar-refractivity contribution in [3.05, 3.63) is 11.7 Å². The summed E-state index contributed by atoms with van der Waals surface area (Å²) in [6, 6.07) is -16.7. The molecule has 0 bridgehead atoms. The number of ether oxygens (including phenoxy) is 2. The highest BCUT2D eigenvalue weighted by molar-refractivity contribution is 5.16. The van der Waals surface area contributed by atoms with Crippen LogP contribution in [0.4, 0.5) is 52.7 Å². The van der Waals surface area contributed by atoms with Gasteiger partial charge in [0.25, 0.3) is 0 Å². The molecule has 0 unspecified atom stereocenters. The molecule has 0 amide bonds. The van der Waals surface area contributed by atoms with Crippen molar-refractivity contribution in [1.29, 1.82) is 0 Å². The lowest BCUT2D eigenvalue weighted by molar-refractivity contribution is -0.560. The van der Waals surface area contributed by atoms with Crippen molar-refractivity contribution in [3.8, 4) is 0 Å². The lowest BCUT2D eigenvalue weighted by Gasteiger charge is -2.48. The van der Waals surface area contributed by atoms with E-state index in [-0.39, 0.29) is 7.11 Å². The van der Waals surface area contributed by atoms with E-state index in [1.54, 1.807) is 0 Å². The van der Waals surface area contributed by atoms with Gasteiger partial charge in [-0.25, -0.2) is 9.64 Å². The highest BCUT2D eigenvalue weighted by atomic mass is 19.4. The molecule has 15 heteroatoms. The third-order valence-electron chi connectivity index (χ3n) is 2.38. The molecule has 0 aromatic carbocycles. The second kappa shape index (κ2) is 4.98. The SMILES string of the molecule is CO/C(F)=C(\N1C(F)(F)C(F)(F)OC(F)(F)C1(F)F)C(F)(F)F. The van der Waals surface area contributed by atoms with E-state index in [2.05, 4.69) is 4.74 Å². The number of nitrogens with zero attached hydrogens (tertiary/aromatic N) is 1. The Morgan fingerprint density at radius 3 is 1.48 bits per heavy atom. The van der Waals surface area contributed by atoms with Gasteiger partial charge in [-0.1, -0.05) is 0 Å². The van der Waals surface area contributed by atoms with E-state index in [0.29, 0.717) is 0 Å². The molecule has 0 aliphatic carbocycles. The van der Waals surface area contributed by atoms with Gasteiger partial charge >= 0.3 is 36.5 Å². The molecule has 3 nitrogen and oxygen atoms in total. The van der Waals surface area contributed by atoms with Crippen LogP contribution in [0.25, 0.3) is 0 Å². The molecular formula is C8H3F12NO2. The zero-order chi connectivity index (χ0) is 18.6. The molecule has 0 aromatic heterocycles. The lowest BCUT2D eigenvalue weighted by atomic mass is 10.2. The van der Waals surface area contributed by atoms with Gasteiger partial charge in [0.15, 0.2) is 0 Å². The monoisotopic (exact) mass is 373 g/mol. The third-order valence-corrected chi connectivity index (χ3v) is 2.38. The number of methoxy groups -OCH3 is 1. The summed E-state index contributed by atoms with van der Waals surface area (Å²) in [6.45, 7) is 0. The van der Waals surface area contributed by atoms with Crippen LogP contribution in [0.15, 0.2) is 11.7 Å². The number of morpholine rings is 1. The van der Waals surface area contributed by atoms with Crippen LogP contribution in [0.3, 0.4) is 0 Å². The van der Waals surface area contributed by atoms with Crippen molar-refractivity contribution in [1.82, 2.24) is 4.90 Å². The van der Waals surface area contributed by atoms with E-state index in [1.165, 1.54) is 0 Å². The van der Waals surface area contributed by atoms with E-state index in [1.807, 2.05) is 4.74 Å². The van der Waals surface area contributed by atoms with Gasteiger partial charge in [0, 0.05) is 0 Å². The normalized spacial score (nSPS) is 26.6. The average Bonchev–Trinajstić information content (AvgIpc) is 2.29. The molecule has 0 N–H and O–H groups in total. The number of hydrogen-bond acceptors (Lipinski definition) is 3. The van der Waals surface area contributed by atoms with E-state index in [4.69, 9.17) is 0 Å². The first-order chi connectivity index (χ1) is 9.93. The summed E-state index contributed by atoms with van der Waals surface area (Å²) in [5.41, 5.74) is -3.88. The Morgan fingerprint density at radius 2 is 1.22 bits per heavy atom. The molecule has 0 saturated carbocycles. The van der Waals surface area contributed by atoms with Crippen molar-refractivity contribution < 1.29 is 62.2 Å². The largest absolute Gasteiger partial charge is 0.473 e. The van der Waals surface area contributed by atoms with E-state index in [0.717, 1.165) is 0 Å². The molecule has 0 radical (unpaired) electrons. The topological polar surface area (TPSA) is 21.7 Å². The van der Waals surface area contributed by atoms with Crippen LogP contribution in [0.1, 0.15) is 0 Å². The summed E-state index contributed by atoms with van der Waals surface area (Å²) in [7, 11) is 0.0219. The summed E-state index contributed by atoms with van der Waals surface area (Å²) >= 11 is 0. The minimum Gasteiger partial charge on any atom is -0.473 e. The van der Waals surface area contributed by atoms with Gasteiger partial charge in [-0.2, -0.15) is 52.7 Å². The van der Waals surface area contributed by atoms with E-state index in [9.17, 15) is 52.7 Å². The second-order valence-electron chi connectivity index (χ2n) is 3.88. The van der Waals surface area contributed by atoms with E-state index < -0.39 is 47.1 Å². The lowest BCUT2D eigenvalue weighted by Crippen LogP contribution is -2.74. The Kier molecular flexibility index (Phi) is 4.22. The zero-order valence-corrected chi connectivity index (χ0v) is 10.3. The highest BCUT2D eigenvalue weighted by Crippen LogP contribution is 2.59. The Bertz CT molecular complexity index is 484. The Hall–Kier alpha value is -1.54. The maximum atomic E-state index is 13.2. The fourth-order valence-corrected chi connectivity index (χ4v) is 1.42. The van der Waals surface area contributed by atoms with Gasteiger partial charge in [0.2, 0.25) is 5.70 Å². The van der Waals surface area contributed by atoms with Gasteiger partial charge in [-0.15, -0.1) is 0 Å². The number of allylic oxidation sites excluding steroid dienone is 1. The summed E-state index contributed by atoms with van der Waals surface area (Å²) in [4.78, 5) is -3.11. The summed E-state index contributed by atoms with van der Waals surface area (Å²) in [5, 5.41) is 0. The molecule has 0 atom stereocenters. The van der Waals surface area contributed by atoms with Crippen molar-refractivity contribution in [2.24, 2.45) is 0 Å². The predicted octanol–water partition coefficient (Wildman–Crippen LogP) is 4.04. The first kappa shape index (κ1) is 19.5. The summed E-state index contributed by atoms with van der Waals surface area (Å²) in [5.74, 6) is 0. The number of rotatable bonds is 2.